The van der Waals surface area contributed by atoms with Gasteiger partial charge >= 0.3 is 0 Å². The average Bonchev–Trinajstić information content (AvgIpc) is 2.74. The number of nitrogens with two attached hydrogens (primary N) is 1. The number of fused-ring (bicyclic) bond motifs is 1. The number of nitrogens with one attached hydrogen (secondary N) is 1. The number of likely N-dealkylation sites (tertiary alicyclic amines) is 1. The first-order chi connectivity index (χ1) is 9.37. The summed E-state index contributed by atoms with van der Waals surface area (Å²) in [4.78, 5) is 37.0. The fourth-order valence-corrected chi connectivity index (χ4v) is 3.51. The normalized spacial score (nSPS) is 38.0. The van der Waals surface area contributed by atoms with Crippen molar-refractivity contribution < 1.29 is 19.1 Å². The monoisotopic (exact) mass is 281 g/mol. The van der Waals surface area contributed by atoms with Gasteiger partial charge in [0.15, 0.2) is 0 Å². The van der Waals surface area contributed by atoms with E-state index in [0.29, 0.717) is 12.8 Å². The van der Waals surface area contributed by atoms with Crippen LogP contribution in [-0.4, -0.2) is 41.4 Å². The van der Waals surface area contributed by atoms with Gasteiger partial charge in [0.2, 0.25) is 11.8 Å². The van der Waals surface area contributed by atoms with Crippen LogP contribution < -0.4 is 11.3 Å². The summed E-state index contributed by atoms with van der Waals surface area (Å²) in [7, 11) is 0. The van der Waals surface area contributed by atoms with Crippen molar-refractivity contribution in [3.05, 3.63) is 0 Å². The molecule has 3 fully saturated rings. The molecular formula is C13H19N3O4. The molecule has 0 aromatic carbocycles. The number of ether oxygens (including phenoxy) is 1. The highest BCUT2D eigenvalue weighted by atomic mass is 16.5. The number of amides is 3. The van der Waals surface area contributed by atoms with Gasteiger partial charge in [-0.3, -0.25) is 24.7 Å². The summed E-state index contributed by atoms with van der Waals surface area (Å²) in [5, 5.41) is 0. The zero-order valence-corrected chi connectivity index (χ0v) is 11.6. The molecule has 7 nitrogen and oxygen atoms in total. The molecule has 0 spiro atoms. The number of hydrogen-bond acceptors (Lipinski definition) is 5. The van der Waals surface area contributed by atoms with E-state index in [9.17, 15) is 14.4 Å². The minimum atomic E-state index is -0.580. The smallest absolute Gasteiger partial charge is 0.263 e. The number of imide groups is 1. The third-order valence-corrected chi connectivity index (χ3v) is 4.82. The molecule has 3 N–H and O–H groups in total. The van der Waals surface area contributed by atoms with Crippen LogP contribution in [0.2, 0.25) is 0 Å². The second-order valence-electron chi connectivity index (χ2n) is 6.40. The van der Waals surface area contributed by atoms with E-state index in [0.717, 1.165) is 0 Å². The van der Waals surface area contributed by atoms with Crippen molar-refractivity contribution in [1.82, 2.24) is 10.3 Å². The van der Waals surface area contributed by atoms with Gasteiger partial charge in [0.05, 0.1) is 24.5 Å². The Morgan fingerprint density at radius 2 is 1.95 bits per heavy atom. The van der Waals surface area contributed by atoms with Crippen LogP contribution in [0.4, 0.5) is 0 Å². The van der Waals surface area contributed by atoms with Crippen LogP contribution in [0.1, 0.15) is 26.7 Å². The van der Waals surface area contributed by atoms with Crippen molar-refractivity contribution in [3.63, 3.8) is 0 Å². The van der Waals surface area contributed by atoms with Gasteiger partial charge in [0, 0.05) is 0 Å². The van der Waals surface area contributed by atoms with Crippen LogP contribution in [0.15, 0.2) is 0 Å². The maximum atomic E-state index is 12.2. The Bertz CT molecular complexity index is 466. The first-order valence-corrected chi connectivity index (χ1v) is 6.89. The lowest BCUT2D eigenvalue weighted by atomic mass is 10.1. The van der Waals surface area contributed by atoms with E-state index >= 15 is 0 Å². The first kappa shape index (κ1) is 13.5. The molecule has 2 heterocycles. The third kappa shape index (κ3) is 1.76. The summed E-state index contributed by atoms with van der Waals surface area (Å²) in [6.07, 6.45) is 0.352. The van der Waals surface area contributed by atoms with E-state index in [1.165, 1.54) is 4.90 Å². The zero-order chi connectivity index (χ0) is 14.7. The number of nitrogens with zero attached hydrogens (tertiary/aromatic N) is 1. The Morgan fingerprint density at radius 3 is 2.50 bits per heavy atom. The van der Waals surface area contributed by atoms with Gasteiger partial charge in [-0.1, -0.05) is 13.8 Å². The molecule has 3 amide bonds. The molecule has 2 saturated heterocycles. The van der Waals surface area contributed by atoms with Crippen LogP contribution >= 0.6 is 0 Å². The molecular weight excluding hydrogens is 262 g/mol. The maximum absolute atomic E-state index is 12.2. The standard InChI is InChI=1S/C13H19N3O4/c1-13(2)8-9(13)12(19)16(11(8)18)5-6-3-4-7(20-6)10(17)15-14/h6-9H,3-5,14H2,1-2H3,(H,15,17). The van der Waals surface area contributed by atoms with Crippen molar-refractivity contribution >= 4 is 17.7 Å². The van der Waals surface area contributed by atoms with Crippen molar-refractivity contribution in [2.24, 2.45) is 23.1 Å². The molecule has 110 valence electrons. The summed E-state index contributed by atoms with van der Waals surface area (Å²) >= 11 is 0. The molecule has 0 aromatic rings. The van der Waals surface area contributed by atoms with Crippen molar-refractivity contribution in [2.45, 2.75) is 38.9 Å². The number of hydrazine groups is 1. The highest BCUT2D eigenvalue weighted by molar-refractivity contribution is 6.10. The summed E-state index contributed by atoms with van der Waals surface area (Å²) in [5.41, 5.74) is 1.86. The Labute approximate surface area is 116 Å². The van der Waals surface area contributed by atoms with Crippen LogP contribution in [0.5, 0.6) is 0 Å². The first-order valence-electron chi connectivity index (χ1n) is 6.89. The van der Waals surface area contributed by atoms with Gasteiger partial charge in [-0.15, -0.1) is 0 Å². The van der Waals surface area contributed by atoms with Crippen LogP contribution in [0.25, 0.3) is 0 Å². The number of piperidine rings is 1. The average molecular weight is 281 g/mol. The molecule has 0 bridgehead atoms. The molecule has 3 rings (SSSR count). The van der Waals surface area contributed by atoms with Gasteiger partial charge < -0.3 is 4.74 Å². The molecule has 3 aliphatic rings. The lowest BCUT2D eigenvalue weighted by Crippen LogP contribution is -2.43. The fourth-order valence-electron chi connectivity index (χ4n) is 3.51. The molecule has 1 aliphatic carbocycles. The fraction of sp³-hybridized carbons (Fsp3) is 0.769. The highest BCUT2D eigenvalue weighted by Gasteiger charge is 2.72. The summed E-state index contributed by atoms with van der Waals surface area (Å²) in [5.74, 6) is 4.17. The third-order valence-electron chi connectivity index (χ3n) is 4.82. The molecule has 0 radical (unpaired) electrons. The van der Waals surface area contributed by atoms with Crippen LogP contribution in [0.3, 0.4) is 0 Å². The Morgan fingerprint density at radius 1 is 1.35 bits per heavy atom. The minimum absolute atomic E-state index is 0.0969. The van der Waals surface area contributed by atoms with E-state index in [2.05, 4.69) is 5.43 Å². The Hall–Kier alpha value is -1.47. The van der Waals surface area contributed by atoms with Gasteiger partial charge in [-0.05, 0) is 18.3 Å². The number of carbonyl (C=O) groups excluding carboxylic acids is 3. The predicted octanol–water partition coefficient (Wildman–Crippen LogP) is -0.835. The molecule has 20 heavy (non-hydrogen) atoms. The molecule has 4 unspecified atom stereocenters. The number of hydrogen-bond donors (Lipinski definition) is 2. The van der Waals surface area contributed by atoms with Gasteiger partial charge in [-0.25, -0.2) is 5.84 Å². The lowest BCUT2D eigenvalue weighted by molar-refractivity contribution is -0.145. The molecule has 7 heteroatoms. The molecule has 2 aliphatic heterocycles. The Kier molecular flexibility index (Phi) is 2.88. The SMILES string of the molecule is CC1(C)C2C(=O)N(CC3CCC(C(=O)NN)O3)C(=O)C21. The summed E-state index contributed by atoms with van der Waals surface area (Å²) in [6, 6.07) is 0. The lowest BCUT2D eigenvalue weighted by Gasteiger charge is -2.23. The van der Waals surface area contributed by atoms with E-state index in [1.54, 1.807) is 0 Å². The van der Waals surface area contributed by atoms with E-state index in [-0.39, 0.29) is 47.6 Å². The van der Waals surface area contributed by atoms with Gasteiger partial charge in [0.1, 0.15) is 6.10 Å². The number of rotatable bonds is 3. The van der Waals surface area contributed by atoms with Crippen molar-refractivity contribution in [3.8, 4) is 0 Å². The second-order valence-corrected chi connectivity index (χ2v) is 6.40. The quantitative estimate of drug-likeness (QED) is 0.304. The molecule has 4 atom stereocenters. The second kappa shape index (κ2) is 4.26. The van der Waals surface area contributed by atoms with E-state index < -0.39 is 6.10 Å². The van der Waals surface area contributed by atoms with Crippen LogP contribution in [0, 0.1) is 17.3 Å². The van der Waals surface area contributed by atoms with Crippen molar-refractivity contribution in [2.75, 3.05) is 6.54 Å². The molecule has 0 aromatic heterocycles. The zero-order valence-electron chi connectivity index (χ0n) is 11.6. The Balaban J connectivity index is 1.60. The molecule has 1 saturated carbocycles. The summed E-state index contributed by atoms with van der Waals surface area (Å²) < 4.78 is 5.54. The van der Waals surface area contributed by atoms with E-state index in [1.807, 2.05) is 13.8 Å². The highest BCUT2D eigenvalue weighted by Crippen LogP contribution is 2.63. The predicted molar refractivity (Wildman–Crippen MR) is 67.7 cm³/mol. The van der Waals surface area contributed by atoms with Gasteiger partial charge in [-0.2, -0.15) is 0 Å². The van der Waals surface area contributed by atoms with Gasteiger partial charge in [0.25, 0.3) is 5.91 Å². The van der Waals surface area contributed by atoms with E-state index in [4.69, 9.17) is 10.6 Å². The maximum Gasteiger partial charge on any atom is 0.263 e. The largest absolute Gasteiger partial charge is 0.363 e. The number of carbonyl (C=O) groups is 3. The van der Waals surface area contributed by atoms with Crippen molar-refractivity contribution in [1.29, 1.82) is 0 Å². The topological polar surface area (TPSA) is 102 Å². The summed E-state index contributed by atoms with van der Waals surface area (Å²) in [6.45, 7) is 4.14. The minimum Gasteiger partial charge on any atom is -0.363 e. The van der Waals surface area contributed by atoms with Crippen LogP contribution in [-0.2, 0) is 19.1 Å².